The lowest BCUT2D eigenvalue weighted by Crippen LogP contribution is -2.39. The van der Waals surface area contributed by atoms with E-state index in [4.69, 9.17) is 9.84 Å². The Morgan fingerprint density at radius 1 is 1.57 bits per heavy atom. The normalized spacial score (nSPS) is 15.5. The fourth-order valence-electron chi connectivity index (χ4n) is 1.41. The molecule has 0 bridgehead atoms. The summed E-state index contributed by atoms with van der Waals surface area (Å²) in [5.74, 6) is -1.07. The molecule has 0 aromatic rings. The lowest BCUT2D eigenvalue weighted by Gasteiger charge is -2.27. The molecule has 0 saturated heterocycles. The first-order valence-electron chi connectivity index (χ1n) is 4.94. The van der Waals surface area contributed by atoms with E-state index in [2.05, 4.69) is 6.92 Å². The fourth-order valence-corrected chi connectivity index (χ4v) is 1.41. The maximum Gasteiger partial charge on any atom is 0.307 e. The van der Waals surface area contributed by atoms with Crippen LogP contribution >= 0.6 is 0 Å². The second-order valence-electron chi connectivity index (χ2n) is 3.70. The van der Waals surface area contributed by atoms with Crippen molar-refractivity contribution in [2.24, 2.45) is 5.92 Å². The van der Waals surface area contributed by atoms with Crippen molar-refractivity contribution in [3.8, 4) is 0 Å². The molecular weight excluding hydrogens is 182 g/mol. The third kappa shape index (κ3) is 4.58. The molecule has 0 spiro atoms. The number of rotatable bonds is 7. The SMILES string of the molecule is CCC(COC)N(C)CC(C)C(=O)O. The molecule has 0 radical (unpaired) electrons. The topological polar surface area (TPSA) is 49.8 Å². The number of likely N-dealkylation sites (N-methyl/N-ethyl adjacent to an activating group) is 1. The Labute approximate surface area is 85.9 Å². The predicted octanol–water partition coefficient (Wildman–Crippen LogP) is 1.06. The van der Waals surface area contributed by atoms with Gasteiger partial charge in [0.15, 0.2) is 0 Å². The molecule has 0 fully saturated rings. The zero-order chi connectivity index (χ0) is 11.1. The van der Waals surface area contributed by atoms with Gasteiger partial charge < -0.3 is 14.7 Å². The van der Waals surface area contributed by atoms with Crippen LogP contribution in [0, 0.1) is 5.92 Å². The molecule has 4 heteroatoms. The molecule has 2 unspecified atom stereocenters. The summed E-state index contributed by atoms with van der Waals surface area (Å²) in [5, 5.41) is 8.76. The van der Waals surface area contributed by atoms with Crippen molar-refractivity contribution in [1.29, 1.82) is 0 Å². The van der Waals surface area contributed by atoms with Crippen molar-refractivity contribution >= 4 is 5.97 Å². The van der Waals surface area contributed by atoms with E-state index < -0.39 is 5.97 Å². The van der Waals surface area contributed by atoms with Crippen molar-refractivity contribution in [2.75, 3.05) is 27.3 Å². The van der Waals surface area contributed by atoms with Crippen LogP contribution in [0.1, 0.15) is 20.3 Å². The Hall–Kier alpha value is -0.610. The Kier molecular flexibility index (Phi) is 6.49. The molecule has 0 aromatic heterocycles. The second kappa shape index (κ2) is 6.79. The van der Waals surface area contributed by atoms with E-state index in [1.807, 2.05) is 11.9 Å². The van der Waals surface area contributed by atoms with E-state index in [1.165, 1.54) is 0 Å². The number of nitrogens with zero attached hydrogens (tertiary/aromatic N) is 1. The number of aliphatic carboxylic acids is 1. The highest BCUT2D eigenvalue weighted by Gasteiger charge is 2.18. The van der Waals surface area contributed by atoms with Crippen LogP contribution in [-0.4, -0.2) is 49.3 Å². The van der Waals surface area contributed by atoms with Crippen LogP contribution in [0.2, 0.25) is 0 Å². The zero-order valence-corrected chi connectivity index (χ0v) is 9.49. The van der Waals surface area contributed by atoms with Crippen molar-refractivity contribution in [2.45, 2.75) is 26.3 Å². The maximum atomic E-state index is 10.6. The quantitative estimate of drug-likeness (QED) is 0.672. The van der Waals surface area contributed by atoms with Crippen molar-refractivity contribution in [1.82, 2.24) is 4.90 Å². The molecule has 0 aliphatic rings. The van der Waals surface area contributed by atoms with Crippen LogP contribution in [0.5, 0.6) is 0 Å². The van der Waals surface area contributed by atoms with E-state index in [-0.39, 0.29) is 5.92 Å². The molecule has 84 valence electrons. The van der Waals surface area contributed by atoms with Gasteiger partial charge in [-0.2, -0.15) is 0 Å². The second-order valence-corrected chi connectivity index (χ2v) is 3.70. The van der Waals surface area contributed by atoms with Crippen LogP contribution in [0.3, 0.4) is 0 Å². The summed E-state index contributed by atoms with van der Waals surface area (Å²) < 4.78 is 5.07. The monoisotopic (exact) mass is 203 g/mol. The van der Waals surface area contributed by atoms with Crippen LogP contribution in [0.15, 0.2) is 0 Å². The molecule has 0 heterocycles. The molecule has 0 rings (SSSR count). The average molecular weight is 203 g/mol. The lowest BCUT2D eigenvalue weighted by molar-refractivity contribution is -0.141. The molecule has 2 atom stereocenters. The summed E-state index contributed by atoms with van der Waals surface area (Å²) in [6, 6.07) is 0.307. The van der Waals surface area contributed by atoms with Gasteiger partial charge in [-0.15, -0.1) is 0 Å². The minimum atomic E-state index is -0.746. The minimum absolute atomic E-state index is 0.307. The van der Waals surface area contributed by atoms with Gasteiger partial charge in [0.1, 0.15) is 0 Å². The van der Waals surface area contributed by atoms with Gasteiger partial charge >= 0.3 is 5.97 Å². The van der Waals surface area contributed by atoms with E-state index in [9.17, 15) is 4.79 Å². The van der Waals surface area contributed by atoms with Gasteiger partial charge in [0.2, 0.25) is 0 Å². The summed E-state index contributed by atoms with van der Waals surface area (Å²) in [5.41, 5.74) is 0. The number of hydrogen-bond acceptors (Lipinski definition) is 3. The van der Waals surface area contributed by atoms with Crippen LogP contribution in [0.25, 0.3) is 0 Å². The average Bonchev–Trinajstić information content (AvgIpc) is 2.13. The van der Waals surface area contributed by atoms with Crippen molar-refractivity contribution < 1.29 is 14.6 Å². The van der Waals surface area contributed by atoms with Gasteiger partial charge in [-0.05, 0) is 13.5 Å². The molecule has 0 saturated carbocycles. The number of carboxylic acids is 1. The molecule has 0 amide bonds. The highest BCUT2D eigenvalue weighted by atomic mass is 16.5. The zero-order valence-electron chi connectivity index (χ0n) is 9.49. The predicted molar refractivity (Wildman–Crippen MR) is 55.4 cm³/mol. The lowest BCUT2D eigenvalue weighted by atomic mass is 10.1. The smallest absolute Gasteiger partial charge is 0.307 e. The van der Waals surface area contributed by atoms with E-state index in [0.717, 1.165) is 6.42 Å². The Bertz CT molecular complexity index is 173. The Morgan fingerprint density at radius 2 is 2.14 bits per heavy atom. The first kappa shape index (κ1) is 13.4. The molecule has 0 aliphatic heterocycles. The van der Waals surface area contributed by atoms with Gasteiger partial charge in [-0.1, -0.05) is 13.8 Å². The summed E-state index contributed by atoms with van der Waals surface area (Å²) in [7, 11) is 3.60. The molecule has 14 heavy (non-hydrogen) atoms. The highest BCUT2D eigenvalue weighted by molar-refractivity contribution is 5.69. The first-order valence-corrected chi connectivity index (χ1v) is 4.94. The Balaban J connectivity index is 4.02. The van der Waals surface area contributed by atoms with E-state index in [1.54, 1.807) is 14.0 Å². The third-order valence-electron chi connectivity index (χ3n) is 2.44. The minimum Gasteiger partial charge on any atom is -0.481 e. The summed E-state index contributed by atoms with van der Waals surface area (Å²) in [4.78, 5) is 12.7. The number of carboxylic acid groups (broad SMARTS) is 1. The van der Waals surface area contributed by atoms with Gasteiger partial charge in [-0.3, -0.25) is 4.79 Å². The number of ether oxygens (including phenoxy) is 1. The van der Waals surface area contributed by atoms with Gasteiger partial charge in [-0.25, -0.2) is 0 Å². The third-order valence-corrected chi connectivity index (χ3v) is 2.44. The number of methoxy groups -OCH3 is 1. The van der Waals surface area contributed by atoms with Gasteiger partial charge in [0.25, 0.3) is 0 Å². The molecule has 1 N–H and O–H groups in total. The summed E-state index contributed by atoms with van der Waals surface area (Å²) >= 11 is 0. The summed E-state index contributed by atoms with van der Waals surface area (Å²) in [6.45, 7) is 5.01. The molecule has 4 nitrogen and oxygen atoms in total. The van der Waals surface area contributed by atoms with Crippen LogP contribution in [0.4, 0.5) is 0 Å². The van der Waals surface area contributed by atoms with Crippen molar-refractivity contribution in [3.05, 3.63) is 0 Å². The number of hydrogen-bond donors (Lipinski definition) is 1. The van der Waals surface area contributed by atoms with Gasteiger partial charge in [0.05, 0.1) is 12.5 Å². The van der Waals surface area contributed by atoms with E-state index in [0.29, 0.717) is 19.2 Å². The van der Waals surface area contributed by atoms with Crippen LogP contribution in [-0.2, 0) is 9.53 Å². The molecule has 0 aliphatic carbocycles. The van der Waals surface area contributed by atoms with Gasteiger partial charge in [0, 0.05) is 19.7 Å². The van der Waals surface area contributed by atoms with Crippen molar-refractivity contribution in [3.63, 3.8) is 0 Å². The first-order chi connectivity index (χ1) is 6.52. The maximum absolute atomic E-state index is 10.6. The highest BCUT2D eigenvalue weighted by Crippen LogP contribution is 2.06. The van der Waals surface area contributed by atoms with Crippen LogP contribution < -0.4 is 0 Å². The van der Waals surface area contributed by atoms with E-state index >= 15 is 0 Å². The Morgan fingerprint density at radius 3 is 2.50 bits per heavy atom. The largest absolute Gasteiger partial charge is 0.481 e. The number of carbonyl (C=O) groups is 1. The summed E-state index contributed by atoms with van der Waals surface area (Å²) in [6.07, 6.45) is 0.969. The fraction of sp³-hybridized carbons (Fsp3) is 0.900. The standard InChI is InChI=1S/C10H21NO3/c1-5-9(7-14-4)11(3)6-8(2)10(12)13/h8-9H,5-7H2,1-4H3,(H,12,13). The molecule has 0 aromatic carbocycles. The molecular formula is C10H21NO3.